The Labute approximate surface area is 177 Å². The molecule has 0 amide bonds. The van der Waals surface area contributed by atoms with E-state index in [4.69, 9.17) is 15.5 Å². The van der Waals surface area contributed by atoms with Crippen molar-refractivity contribution in [3.05, 3.63) is 41.0 Å². The van der Waals surface area contributed by atoms with Gasteiger partial charge in [0.2, 0.25) is 0 Å². The highest BCUT2D eigenvalue weighted by Gasteiger charge is 2.19. The summed E-state index contributed by atoms with van der Waals surface area (Å²) in [6.45, 7) is 9.16. The molecule has 1 saturated heterocycles. The highest BCUT2D eigenvalue weighted by atomic mass is 16.5. The Morgan fingerprint density at radius 1 is 1.23 bits per heavy atom. The van der Waals surface area contributed by atoms with Crippen LogP contribution in [-0.2, 0) is 6.42 Å². The normalized spacial score (nSPS) is 15.2. The summed E-state index contributed by atoms with van der Waals surface area (Å²) in [4.78, 5) is 13.5. The lowest BCUT2D eigenvalue weighted by molar-refractivity contribution is 0.264. The largest absolute Gasteiger partial charge is 0.462 e. The van der Waals surface area contributed by atoms with Crippen molar-refractivity contribution in [2.45, 2.75) is 52.4 Å². The zero-order valence-electron chi connectivity index (χ0n) is 18.1. The van der Waals surface area contributed by atoms with Crippen LogP contribution in [0.4, 0.5) is 5.82 Å². The van der Waals surface area contributed by atoms with Crippen molar-refractivity contribution in [2.75, 3.05) is 25.4 Å². The minimum atomic E-state index is 0.287. The maximum Gasteiger partial charge on any atom is 0.336 e. The second-order valence-corrected chi connectivity index (χ2v) is 8.54. The number of nitrogens with zero attached hydrogens (tertiary/aromatic N) is 5. The molecule has 0 radical (unpaired) electrons. The van der Waals surface area contributed by atoms with Crippen molar-refractivity contribution in [3.8, 4) is 6.01 Å². The first-order valence-electron chi connectivity index (χ1n) is 10.8. The first kappa shape index (κ1) is 20.5. The van der Waals surface area contributed by atoms with E-state index in [9.17, 15) is 0 Å². The van der Waals surface area contributed by atoms with Gasteiger partial charge >= 0.3 is 6.01 Å². The molecule has 8 nitrogen and oxygen atoms in total. The van der Waals surface area contributed by atoms with Crippen LogP contribution < -0.4 is 15.8 Å². The van der Waals surface area contributed by atoms with E-state index in [0.29, 0.717) is 36.3 Å². The van der Waals surface area contributed by atoms with E-state index in [2.05, 4.69) is 47.2 Å². The summed E-state index contributed by atoms with van der Waals surface area (Å²) >= 11 is 0. The van der Waals surface area contributed by atoms with Gasteiger partial charge in [-0.3, -0.25) is 4.98 Å². The number of hydrogen-bond donors (Lipinski definition) is 2. The maximum absolute atomic E-state index is 6.09. The minimum absolute atomic E-state index is 0.287. The van der Waals surface area contributed by atoms with E-state index in [1.807, 2.05) is 6.20 Å². The average Bonchev–Trinajstić information content (AvgIpc) is 3.12. The second-order valence-electron chi connectivity index (χ2n) is 8.54. The number of fused-ring (bicyclic) bond motifs is 1. The van der Waals surface area contributed by atoms with Gasteiger partial charge in [-0.2, -0.15) is 4.98 Å². The fourth-order valence-corrected chi connectivity index (χ4v) is 3.97. The highest BCUT2D eigenvalue weighted by molar-refractivity contribution is 5.59. The molecule has 3 aromatic rings. The molecule has 30 heavy (non-hydrogen) atoms. The summed E-state index contributed by atoms with van der Waals surface area (Å²) < 4.78 is 7.45. The van der Waals surface area contributed by atoms with Gasteiger partial charge in [0.25, 0.3) is 0 Å². The number of nitrogens with one attached hydrogen (secondary N) is 1. The van der Waals surface area contributed by atoms with E-state index in [0.717, 1.165) is 43.6 Å². The van der Waals surface area contributed by atoms with Crippen molar-refractivity contribution in [2.24, 2.45) is 5.92 Å². The van der Waals surface area contributed by atoms with Crippen LogP contribution in [0, 0.1) is 12.8 Å². The summed E-state index contributed by atoms with van der Waals surface area (Å²) in [5.74, 6) is 1.43. The van der Waals surface area contributed by atoms with Crippen LogP contribution in [0.3, 0.4) is 0 Å². The fraction of sp³-hybridized carbons (Fsp3) is 0.545. The van der Waals surface area contributed by atoms with E-state index in [1.165, 1.54) is 11.3 Å². The SMILES string of the molecule is Cc1cc(Cc2cnc3c(N)nc(OCCC(C)C)nn23)cnc1C1CCNCC1. The second kappa shape index (κ2) is 8.95. The number of aryl methyl sites for hydroxylation is 1. The summed E-state index contributed by atoms with van der Waals surface area (Å²) in [6.07, 6.45) is 7.69. The molecule has 0 aromatic carbocycles. The molecule has 160 valence electrons. The number of ether oxygens (including phenoxy) is 1. The highest BCUT2D eigenvalue weighted by Crippen LogP contribution is 2.27. The van der Waals surface area contributed by atoms with Crippen molar-refractivity contribution < 1.29 is 4.74 Å². The minimum Gasteiger partial charge on any atom is -0.462 e. The predicted molar refractivity (Wildman–Crippen MR) is 117 cm³/mol. The number of nitrogens with two attached hydrogens (primary N) is 1. The topological polar surface area (TPSA) is 103 Å². The zero-order valence-corrected chi connectivity index (χ0v) is 18.1. The van der Waals surface area contributed by atoms with Crippen molar-refractivity contribution in [1.82, 2.24) is 29.9 Å². The molecule has 4 heterocycles. The molecule has 0 saturated carbocycles. The van der Waals surface area contributed by atoms with Gasteiger partial charge in [0.05, 0.1) is 18.5 Å². The van der Waals surface area contributed by atoms with Crippen LogP contribution in [0.2, 0.25) is 0 Å². The summed E-state index contributed by atoms with van der Waals surface area (Å²) in [7, 11) is 0. The molecule has 0 spiro atoms. The first-order valence-corrected chi connectivity index (χ1v) is 10.8. The maximum atomic E-state index is 6.09. The Hall–Kier alpha value is -2.74. The summed E-state index contributed by atoms with van der Waals surface area (Å²) in [6, 6.07) is 2.52. The van der Waals surface area contributed by atoms with Gasteiger partial charge in [-0.25, -0.2) is 9.50 Å². The third kappa shape index (κ3) is 4.53. The lowest BCUT2D eigenvalue weighted by Gasteiger charge is -2.23. The molecule has 1 aliphatic rings. The van der Waals surface area contributed by atoms with Gasteiger partial charge in [-0.1, -0.05) is 19.9 Å². The Bertz CT molecular complexity index is 1010. The number of imidazole rings is 1. The number of piperidine rings is 1. The van der Waals surface area contributed by atoms with Gasteiger partial charge in [-0.05, 0) is 56.3 Å². The lowest BCUT2D eigenvalue weighted by atomic mass is 9.91. The number of pyridine rings is 1. The van der Waals surface area contributed by atoms with Crippen LogP contribution in [0.1, 0.15) is 61.5 Å². The molecule has 1 aliphatic heterocycles. The van der Waals surface area contributed by atoms with E-state index in [1.54, 1.807) is 10.7 Å². The molecular weight excluding hydrogens is 378 g/mol. The number of rotatable bonds is 7. The Morgan fingerprint density at radius 2 is 2.03 bits per heavy atom. The average molecular weight is 410 g/mol. The predicted octanol–water partition coefficient (Wildman–Crippen LogP) is 2.89. The standard InChI is InChI=1S/C22H31N7O/c1-14(2)6-9-30-22-27-20(23)21-26-13-18(29(21)28-22)11-16-10-15(3)19(25-12-16)17-4-7-24-8-5-17/h10,12-14,17,24H,4-9,11H2,1-3H3,(H2,23,27,28). The van der Waals surface area contributed by atoms with Gasteiger partial charge in [0, 0.05) is 24.2 Å². The van der Waals surface area contributed by atoms with Crippen molar-refractivity contribution >= 4 is 11.5 Å². The monoisotopic (exact) mass is 409 g/mol. The van der Waals surface area contributed by atoms with Crippen LogP contribution in [-0.4, -0.2) is 44.3 Å². The fourth-order valence-electron chi connectivity index (χ4n) is 3.97. The number of aromatic nitrogens is 5. The molecule has 3 aromatic heterocycles. The third-order valence-corrected chi connectivity index (χ3v) is 5.65. The molecule has 1 fully saturated rings. The Morgan fingerprint density at radius 3 is 2.77 bits per heavy atom. The zero-order chi connectivity index (χ0) is 21.1. The Balaban J connectivity index is 1.54. The summed E-state index contributed by atoms with van der Waals surface area (Å²) in [5, 5.41) is 7.94. The van der Waals surface area contributed by atoms with Crippen molar-refractivity contribution in [1.29, 1.82) is 0 Å². The molecule has 3 N–H and O–H groups in total. The number of anilines is 1. The van der Waals surface area contributed by atoms with Gasteiger partial charge in [0.15, 0.2) is 11.5 Å². The van der Waals surface area contributed by atoms with Gasteiger partial charge in [-0.15, -0.1) is 5.10 Å². The van der Waals surface area contributed by atoms with Crippen LogP contribution in [0.5, 0.6) is 6.01 Å². The molecule has 4 rings (SSSR count). The summed E-state index contributed by atoms with van der Waals surface area (Å²) in [5.41, 5.74) is 11.2. The number of hydrogen-bond acceptors (Lipinski definition) is 7. The molecule has 8 heteroatoms. The van der Waals surface area contributed by atoms with E-state index < -0.39 is 0 Å². The van der Waals surface area contributed by atoms with E-state index >= 15 is 0 Å². The van der Waals surface area contributed by atoms with Gasteiger partial charge < -0.3 is 15.8 Å². The van der Waals surface area contributed by atoms with Crippen molar-refractivity contribution in [3.63, 3.8) is 0 Å². The molecule has 0 unspecified atom stereocenters. The smallest absolute Gasteiger partial charge is 0.336 e. The third-order valence-electron chi connectivity index (χ3n) is 5.65. The number of nitrogen functional groups attached to an aromatic ring is 1. The van der Waals surface area contributed by atoms with E-state index in [-0.39, 0.29) is 6.01 Å². The molecule has 0 bridgehead atoms. The van der Waals surface area contributed by atoms with Gasteiger partial charge in [0.1, 0.15) is 0 Å². The van der Waals surface area contributed by atoms with Crippen LogP contribution >= 0.6 is 0 Å². The molecular formula is C22H31N7O. The molecule has 0 atom stereocenters. The lowest BCUT2D eigenvalue weighted by Crippen LogP contribution is -2.27. The quantitative estimate of drug-likeness (QED) is 0.618. The van der Waals surface area contributed by atoms with Crippen LogP contribution in [0.15, 0.2) is 18.5 Å². The molecule has 0 aliphatic carbocycles. The van der Waals surface area contributed by atoms with Crippen LogP contribution in [0.25, 0.3) is 5.65 Å². The first-order chi connectivity index (χ1) is 14.5. The Kier molecular flexibility index (Phi) is 6.13.